The van der Waals surface area contributed by atoms with Gasteiger partial charge in [0, 0.05) is 49.4 Å². The average molecular weight is 357 g/mol. The number of hydrogen-bond acceptors (Lipinski definition) is 6. The highest BCUT2D eigenvalue weighted by molar-refractivity contribution is 7.09. The summed E-state index contributed by atoms with van der Waals surface area (Å²) in [5.41, 5.74) is 1.84. The first-order valence-electron chi connectivity index (χ1n) is 8.82. The van der Waals surface area contributed by atoms with Gasteiger partial charge in [0.1, 0.15) is 5.69 Å². The first-order chi connectivity index (χ1) is 12.1. The van der Waals surface area contributed by atoms with Crippen molar-refractivity contribution in [3.63, 3.8) is 0 Å². The molecule has 0 N–H and O–H groups in total. The van der Waals surface area contributed by atoms with E-state index in [0.717, 1.165) is 50.6 Å². The number of carbonyl (C=O) groups is 1. The van der Waals surface area contributed by atoms with Crippen LogP contribution in [0.2, 0.25) is 0 Å². The highest BCUT2D eigenvalue weighted by Crippen LogP contribution is 2.39. The molecule has 2 aromatic heterocycles. The topological polar surface area (TPSA) is 62.2 Å². The fourth-order valence-corrected chi connectivity index (χ4v) is 4.76. The Morgan fingerprint density at radius 2 is 2.20 bits per heavy atom. The van der Waals surface area contributed by atoms with Crippen LogP contribution in [-0.4, -0.2) is 56.8 Å². The minimum atomic E-state index is 0.0146. The fraction of sp³-hybridized carbons (Fsp3) is 0.556. The van der Waals surface area contributed by atoms with E-state index in [-0.39, 0.29) is 11.3 Å². The molecule has 0 aromatic carbocycles. The summed E-state index contributed by atoms with van der Waals surface area (Å²) < 4.78 is 0. The standard InChI is InChI=1S/C18H23N5OS/c1-14-21-15(11-25-14)10-22-8-4-18(12-22)3-2-7-23(13-18)17(24)16-9-19-5-6-20-16/h5-6,9,11H,2-4,7-8,10,12-13H2,1H3/t18-/m1/s1. The second kappa shape index (κ2) is 6.80. The molecule has 0 saturated carbocycles. The van der Waals surface area contributed by atoms with Crippen molar-refractivity contribution in [3.05, 3.63) is 40.4 Å². The smallest absolute Gasteiger partial charge is 0.274 e. The van der Waals surface area contributed by atoms with Gasteiger partial charge >= 0.3 is 0 Å². The third-order valence-electron chi connectivity index (χ3n) is 5.30. The largest absolute Gasteiger partial charge is 0.337 e. The van der Waals surface area contributed by atoms with Crippen LogP contribution in [0.4, 0.5) is 0 Å². The molecular formula is C18H23N5OS. The first-order valence-corrected chi connectivity index (χ1v) is 9.70. The number of amides is 1. The van der Waals surface area contributed by atoms with Crippen LogP contribution in [0.25, 0.3) is 0 Å². The predicted molar refractivity (Wildman–Crippen MR) is 96.3 cm³/mol. The number of thiazole rings is 1. The lowest BCUT2D eigenvalue weighted by Gasteiger charge is -2.40. The minimum absolute atomic E-state index is 0.0146. The molecule has 132 valence electrons. The third kappa shape index (κ3) is 3.57. The van der Waals surface area contributed by atoms with Crippen LogP contribution in [0.3, 0.4) is 0 Å². The van der Waals surface area contributed by atoms with Crippen LogP contribution in [0.5, 0.6) is 0 Å². The van der Waals surface area contributed by atoms with E-state index < -0.39 is 0 Å². The highest BCUT2D eigenvalue weighted by Gasteiger charge is 2.42. The summed E-state index contributed by atoms with van der Waals surface area (Å²) in [6.45, 7) is 6.76. The summed E-state index contributed by atoms with van der Waals surface area (Å²) in [4.78, 5) is 30.0. The average Bonchev–Trinajstić information content (AvgIpc) is 3.21. The number of aromatic nitrogens is 3. The summed E-state index contributed by atoms with van der Waals surface area (Å²) in [5, 5.41) is 3.28. The molecule has 25 heavy (non-hydrogen) atoms. The Kier molecular flexibility index (Phi) is 4.52. The van der Waals surface area contributed by atoms with Crippen molar-refractivity contribution in [1.29, 1.82) is 0 Å². The number of carbonyl (C=O) groups excluding carboxylic acids is 1. The zero-order valence-electron chi connectivity index (χ0n) is 14.5. The van der Waals surface area contributed by atoms with Gasteiger partial charge in [0.25, 0.3) is 5.91 Å². The molecule has 0 unspecified atom stereocenters. The summed E-state index contributed by atoms with van der Waals surface area (Å²) in [6, 6.07) is 0. The van der Waals surface area contributed by atoms with Crippen LogP contribution >= 0.6 is 11.3 Å². The molecule has 7 heteroatoms. The molecule has 0 bridgehead atoms. The zero-order valence-corrected chi connectivity index (χ0v) is 15.3. The van der Waals surface area contributed by atoms with E-state index in [1.165, 1.54) is 12.1 Å². The monoisotopic (exact) mass is 357 g/mol. The zero-order chi connectivity index (χ0) is 17.3. The molecule has 4 heterocycles. The van der Waals surface area contributed by atoms with Crippen molar-refractivity contribution >= 4 is 17.2 Å². The Morgan fingerprint density at radius 1 is 1.28 bits per heavy atom. The van der Waals surface area contributed by atoms with Gasteiger partial charge < -0.3 is 4.90 Å². The molecule has 2 fully saturated rings. The fourth-order valence-electron chi connectivity index (χ4n) is 4.16. The molecular weight excluding hydrogens is 334 g/mol. The molecule has 0 radical (unpaired) electrons. The van der Waals surface area contributed by atoms with Crippen LogP contribution < -0.4 is 0 Å². The Balaban J connectivity index is 1.41. The van der Waals surface area contributed by atoms with Crippen LogP contribution in [0, 0.1) is 12.3 Å². The van der Waals surface area contributed by atoms with E-state index in [0.29, 0.717) is 5.69 Å². The second-order valence-corrected chi connectivity index (χ2v) is 8.30. The van der Waals surface area contributed by atoms with Gasteiger partial charge in [-0.1, -0.05) is 0 Å². The number of aryl methyl sites for hydroxylation is 1. The number of piperidine rings is 1. The number of hydrogen-bond donors (Lipinski definition) is 0. The van der Waals surface area contributed by atoms with Crippen molar-refractivity contribution in [2.24, 2.45) is 5.41 Å². The second-order valence-electron chi connectivity index (χ2n) is 7.24. The molecule has 0 aliphatic carbocycles. The lowest BCUT2D eigenvalue weighted by Crippen LogP contribution is -2.47. The molecule has 2 saturated heterocycles. The van der Waals surface area contributed by atoms with Crippen molar-refractivity contribution in [2.45, 2.75) is 32.7 Å². The Hall–Kier alpha value is -1.86. The quantitative estimate of drug-likeness (QED) is 0.844. The summed E-state index contributed by atoms with van der Waals surface area (Å²) in [5.74, 6) is 0.0146. The maximum absolute atomic E-state index is 12.7. The van der Waals surface area contributed by atoms with Gasteiger partial charge in [0.05, 0.1) is 16.9 Å². The molecule has 2 aromatic rings. The lowest BCUT2D eigenvalue weighted by molar-refractivity contribution is 0.0520. The van der Waals surface area contributed by atoms with Gasteiger partial charge in [0.2, 0.25) is 0 Å². The van der Waals surface area contributed by atoms with E-state index in [1.54, 1.807) is 29.9 Å². The van der Waals surface area contributed by atoms with Gasteiger partial charge in [-0.25, -0.2) is 9.97 Å². The van der Waals surface area contributed by atoms with E-state index in [2.05, 4.69) is 32.2 Å². The van der Waals surface area contributed by atoms with Gasteiger partial charge in [-0.15, -0.1) is 11.3 Å². The number of likely N-dealkylation sites (tertiary alicyclic amines) is 2. The van der Waals surface area contributed by atoms with Crippen molar-refractivity contribution in [1.82, 2.24) is 24.8 Å². The summed E-state index contributed by atoms with van der Waals surface area (Å²) in [6.07, 6.45) is 8.17. The minimum Gasteiger partial charge on any atom is -0.337 e. The number of rotatable bonds is 3. The Morgan fingerprint density at radius 3 is 2.96 bits per heavy atom. The number of nitrogens with zero attached hydrogens (tertiary/aromatic N) is 5. The normalized spacial score (nSPS) is 24.1. The van der Waals surface area contributed by atoms with Gasteiger partial charge in [-0.05, 0) is 32.7 Å². The SMILES string of the molecule is Cc1nc(CN2CC[C@]3(CCCN(C(=O)c4cnccn4)C3)C2)cs1. The Bertz CT molecular complexity index is 749. The first kappa shape index (κ1) is 16.6. The van der Waals surface area contributed by atoms with Gasteiger partial charge in [0.15, 0.2) is 0 Å². The maximum Gasteiger partial charge on any atom is 0.274 e. The molecule has 2 aliphatic rings. The van der Waals surface area contributed by atoms with Gasteiger partial charge in [-0.2, -0.15) is 0 Å². The van der Waals surface area contributed by atoms with Crippen LogP contribution in [0.1, 0.15) is 40.5 Å². The van der Waals surface area contributed by atoms with Crippen LogP contribution in [-0.2, 0) is 6.54 Å². The molecule has 1 atom stereocenters. The van der Waals surface area contributed by atoms with Crippen LogP contribution in [0.15, 0.2) is 24.0 Å². The predicted octanol–water partition coefficient (Wildman–Crippen LogP) is 2.37. The summed E-state index contributed by atoms with van der Waals surface area (Å²) >= 11 is 1.71. The lowest BCUT2D eigenvalue weighted by atomic mass is 9.79. The molecule has 6 nitrogen and oxygen atoms in total. The Labute approximate surface area is 151 Å². The highest BCUT2D eigenvalue weighted by atomic mass is 32.1. The van der Waals surface area contributed by atoms with E-state index >= 15 is 0 Å². The van der Waals surface area contributed by atoms with Gasteiger partial charge in [-0.3, -0.25) is 14.7 Å². The van der Waals surface area contributed by atoms with Crippen molar-refractivity contribution in [2.75, 3.05) is 26.2 Å². The molecule has 2 aliphatic heterocycles. The van der Waals surface area contributed by atoms with E-state index in [9.17, 15) is 4.79 Å². The molecule has 1 amide bonds. The van der Waals surface area contributed by atoms with E-state index in [1.807, 2.05) is 4.90 Å². The molecule has 1 spiro atoms. The maximum atomic E-state index is 12.7. The molecule has 4 rings (SSSR count). The van der Waals surface area contributed by atoms with Crippen molar-refractivity contribution < 1.29 is 4.79 Å². The van der Waals surface area contributed by atoms with E-state index in [4.69, 9.17) is 0 Å². The van der Waals surface area contributed by atoms with Crippen molar-refractivity contribution in [3.8, 4) is 0 Å². The third-order valence-corrected chi connectivity index (χ3v) is 6.12. The summed E-state index contributed by atoms with van der Waals surface area (Å²) in [7, 11) is 0.